The number of aromatic amines is 2. The predicted molar refractivity (Wildman–Crippen MR) is 69.6 cm³/mol. The van der Waals surface area contributed by atoms with Crippen LogP contribution in [-0.4, -0.2) is 28.4 Å². The summed E-state index contributed by atoms with van der Waals surface area (Å²) in [4.78, 5) is 30.5. The van der Waals surface area contributed by atoms with Crippen LogP contribution in [0.25, 0.3) is 0 Å². The van der Waals surface area contributed by atoms with Crippen molar-refractivity contribution in [2.75, 3.05) is 7.11 Å². The van der Waals surface area contributed by atoms with Crippen molar-refractivity contribution < 1.29 is 9.84 Å². The molecule has 7 heteroatoms. The number of nitrogens with zero attached hydrogens (tertiary/aromatic N) is 1. The van der Waals surface area contributed by atoms with Crippen molar-refractivity contribution >= 4 is 11.9 Å². The fourth-order valence-corrected chi connectivity index (χ4v) is 1.40. The van der Waals surface area contributed by atoms with Crippen LogP contribution in [0.4, 0.5) is 5.69 Å². The summed E-state index contributed by atoms with van der Waals surface area (Å²) in [7, 11) is 1.50. The van der Waals surface area contributed by atoms with Crippen LogP contribution in [0, 0.1) is 0 Å². The standard InChI is InChI=1S/C12H11N3O4/c1-19-8-2-3-10(16)7(4-8)5-13-9-6-14-12(18)15-11(9)17/h2-6,16H,1H3,(H2,14,15,17,18). The van der Waals surface area contributed by atoms with E-state index in [1.54, 1.807) is 12.1 Å². The third kappa shape index (κ3) is 2.89. The number of aromatic nitrogens is 2. The van der Waals surface area contributed by atoms with E-state index in [-0.39, 0.29) is 11.4 Å². The van der Waals surface area contributed by atoms with E-state index in [2.05, 4.69) is 9.98 Å². The lowest BCUT2D eigenvalue weighted by Crippen LogP contribution is -2.20. The predicted octanol–water partition coefficient (Wildman–Crippen LogP) is 0.528. The third-order valence-electron chi connectivity index (χ3n) is 2.38. The lowest BCUT2D eigenvalue weighted by Gasteiger charge is -2.02. The van der Waals surface area contributed by atoms with E-state index in [9.17, 15) is 14.7 Å². The molecular formula is C12H11N3O4. The van der Waals surface area contributed by atoms with Gasteiger partial charge in [0.2, 0.25) is 0 Å². The number of phenolic OH excluding ortho intramolecular Hbond substituents is 1. The number of benzene rings is 1. The second kappa shape index (κ2) is 5.21. The molecule has 0 unspecified atom stereocenters. The van der Waals surface area contributed by atoms with E-state index in [0.717, 1.165) is 0 Å². The lowest BCUT2D eigenvalue weighted by molar-refractivity contribution is 0.412. The Bertz CT molecular complexity index is 730. The highest BCUT2D eigenvalue weighted by atomic mass is 16.5. The molecule has 1 aromatic carbocycles. The molecule has 0 radical (unpaired) electrons. The number of hydrogen-bond acceptors (Lipinski definition) is 5. The van der Waals surface area contributed by atoms with Gasteiger partial charge in [0.1, 0.15) is 17.2 Å². The molecule has 1 heterocycles. The number of aliphatic imine (C=N–C) groups is 1. The van der Waals surface area contributed by atoms with Crippen LogP contribution in [0.3, 0.4) is 0 Å². The van der Waals surface area contributed by atoms with Gasteiger partial charge in [0.05, 0.1) is 7.11 Å². The molecule has 0 aliphatic heterocycles. The molecule has 2 rings (SSSR count). The largest absolute Gasteiger partial charge is 0.507 e. The molecule has 2 aromatic rings. The Hall–Kier alpha value is -2.83. The van der Waals surface area contributed by atoms with Crippen molar-refractivity contribution in [3.05, 3.63) is 50.8 Å². The maximum absolute atomic E-state index is 11.4. The Balaban J connectivity index is 2.37. The molecule has 0 aliphatic rings. The molecule has 1 aromatic heterocycles. The van der Waals surface area contributed by atoms with Crippen LogP contribution in [0.5, 0.6) is 11.5 Å². The number of phenols is 1. The van der Waals surface area contributed by atoms with Crippen molar-refractivity contribution in [3.8, 4) is 11.5 Å². The fraction of sp³-hybridized carbons (Fsp3) is 0.0833. The number of nitrogens with one attached hydrogen (secondary N) is 2. The summed E-state index contributed by atoms with van der Waals surface area (Å²) in [5.74, 6) is 0.556. The van der Waals surface area contributed by atoms with Crippen molar-refractivity contribution in [2.24, 2.45) is 4.99 Å². The molecule has 0 saturated carbocycles. The topological polar surface area (TPSA) is 108 Å². The van der Waals surface area contributed by atoms with E-state index in [1.165, 1.54) is 25.6 Å². The number of hydrogen-bond donors (Lipinski definition) is 3. The minimum atomic E-state index is -0.609. The molecule has 0 aliphatic carbocycles. The fourth-order valence-electron chi connectivity index (χ4n) is 1.40. The molecule has 19 heavy (non-hydrogen) atoms. The van der Waals surface area contributed by atoms with E-state index >= 15 is 0 Å². The van der Waals surface area contributed by atoms with Crippen LogP contribution in [0.15, 0.2) is 39.0 Å². The van der Waals surface area contributed by atoms with Crippen LogP contribution in [-0.2, 0) is 0 Å². The SMILES string of the molecule is COc1ccc(O)c(C=Nc2c[nH]c(=O)[nH]c2=O)c1. The van der Waals surface area contributed by atoms with Gasteiger partial charge in [-0.15, -0.1) is 0 Å². The van der Waals surface area contributed by atoms with Crippen molar-refractivity contribution in [1.82, 2.24) is 9.97 Å². The highest BCUT2D eigenvalue weighted by Gasteiger charge is 2.02. The van der Waals surface area contributed by atoms with E-state index < -0.39 is 11.2 Å². The Labute approximate surface area is 107 Å². The molecule has 3 N–H and O–H groups in total. The second-order valence-corrected chi connectivity index (χ2v) is 3.64. The van der Waals surface area contributed by atoms with Crippen LogP contribution < -0.4 is 16.0 Å². The van der Waals surface area contributed by atoms with Gasteiger partial charge in [-0.05, 0) is 18.2 Å². The second-order valence-electron chi connectivity index (χ2n) is 3.64. The average Bonchev–Trinajstić information content (AvgIpc) is 2.39. The van der Waals surface area contributed by atoms with Gasteiger partial charge in [0.15, 0.2) is 0 Å². The van der Waals surface area contributed by atoms with Crippen molar-refractivity contribution in [2.45, 2.75) is 0 Å². The molecule has 98 valence electrons. The highest BCUT2D eigenvalue weighted by molar-refractivity contribution is 5.85. The van der Waals surface area contributed by atoms with Gasteiger partial charge in [-0.3, -0.25) is 9.78 Å². The summed E-state index contributed by atoms with van der Waals surface area (Å²) in [6.45, 7) is 0. The van der Waals surface area contributed by atoms with E-state index in [0.29, 0.717) is 11.3 Å². The maximum atomic E-state index is 11.4. The van der Waals surface area contributed by atoms with Gasteiger partial charge < -0.3 is 14.8 Å². The van der Waals surface area contributed by atoms with Crippen LogP contribution in [0.1, 0.15) is 5.56 Å². The minimum Gasteiger partial charge on any atom is -0.507 e. The summed E-state index contributed by atoms with van der Waals surface area (Å²) in [5.41, 5.74) is -0.790. The summed E-state index contributed by atoms with van der Waals surface area (Å²) in [5, 5.41) is 9.63. The highest BCUT2D eigenvalue weighted by Crippen LogP contribution is 2.21. The van der Waals surface area contributed by atoms with E-state index in [4.69, 9.17) is 4.74 Å². The molecule has 0 amide bonds. The first-order chi connectivity index (χ1) is 9.10. The summed E-state index contributed by atoms with van der Waals surface area (Å²) in [6.07, 6.45) is 2.50. The molecular weight excluding hydrogens is 250 g/mol. The zero-order valence-corrected chi connectivity index (χ0v) is 10.0. The average molecular weight is 261 g/mol. The number of ether oxygens (including phenoxy) is 1. The number of aromatic hydroxyl groups is 1. The first-order valence-corrected chi connectivity index (χ1v) is 5.33. The monoisotopic (exact) mass is 261 g/mol. The molecule has 0 saturated heterocycles. The first-order valence-electron chi connectivity index (χ1n) is 5.33. The van der Waals surface area contributed by atoms with Gasteiger partial charge in [-0.2, -0.15) is 0 Å². The summed E-state index contributed by atoms with van der Waals surface area (Å²) < 4.78 is 5.01. The normalized spacial score (nSPS) is 10.8. The number of methoxy groups -OCH3 is 1. The minimum absolute atomic E-state index is 0.00500. The quantitative estimate of drug-likeness (QED) is 0.700. The summed E-state index contributed by atoms with van der Waals surface area (Å²) >= 11 is 0. The molecule has 7 nitrogen and oxygen atoms in total. The van der Waals surface area contributed by atoms with Gasteiger partial charge >= 0.3 is 5.69 Å². The van der Waals surface area contributed by atoms with Crippen LogP contribution in [0.2, 0.25) is 0 Å². The van der Waals surface area contributed by atoms with Crippen LogP contribution >= 0.6 is 0 Å². The molecule has 0 atom stereocenters. The van der Waals surface area contributed by atoms with Gasteiger partial charge in [-0.1, -0.05) is 0 Å². The molecule has 0 fully saturated rings. The van der Waals surface area contributed by atoms with E-state index in [1.807, 2.05) is 4.98 Å². The van der Waals surface area contributed by atoms with Gasteiger partial charge in [0.25, 0.3) is 5.56 Å². The Morgan fingerprint density at radius 3 is 2.84 bits per heavy atom. The zero-order valence-electron chi connectivity index (χ0n) is 10.0. The Morgan fingerprint density at radius 1 is 1.37 bits per heavy atom. The smallest absolute Gasteiger partial charge is 0.325 e. The Morgan fingerprint density at radius 2 is 2.16 bits per heavy atom. The maximum Gasteiger partial charge on any atom is 0.325 e. The number of H-pyrrole nitrogens is 2. The van der Waals surface area contributed by atoms with Gasteiger partial charge in [0, 0.05) is 18.0 Å². The lowest BCUT2D eigenvalue weighted by atomic mass is 10.2. The van der Waals surface area contributed by atoms with Crippen molar-refractivity contribution in [3.63, 3.8) is 0 Å². The zero-order chi connectivity index (χ0) is 13.8. The third-order valence-corrected chi connectivity index (χ3v) is 2.38. The molecule has 0 bridgehead atoms. The summed E-state index contributed by atoms with van der Waals surface area (Å²) in [6, 6.07) is 4.62. The van der Waals surface area contributed by atoms with Crippen molar-refractivity contribution in [1.29, 1.82) is 0 Å². The number of rotatable bonds is 3. The Kier molecular flexibility index (Phi) is 3.46. The van der Waals surface area contributed by atoms with Gasteiger partial charge in [-0.25, -0.2) is 9.79 Å². The first kappa shape index (κ1) is 12.6. The molecule has 0 spiro atoms.